The number of ether oxygens (including phenoxy) is 1. The third kappa shape index (κ3) is 2.83. The van der Waals surface area contributed by atoms with Crippen molar-refractivity contribution < 1.29 is 4.74 Å². The average molecular weight is 240 g/mol. The lowest BCUT2D eigenvalue weighted by atomic mass is 9.75. The molecule has 0 bridgehead atoms. The Kier molecular flexibility index (Phi) is 4.45. The van der Waals surface area contributed by atoms with Gasteiger partial charge in [0.25, 0.3) is 0 Å². The predicted molar refractivity (Wildman–Crippen MR) is 71.3 cm³/mol. The molecule has 100 valence electrons. The minimum Gasteiger partial charge on any atom is -0.380 e. The van der Waals surface area contributed by atoms with Crippen molar-refractivity contribution in [2.24, 2.45) is 0 Å². The highest BCUT2D eigenvalue weighted by Crippen LogP contribution is 2.36. The molecule has 0 aromatic carbocycles. The van der Waals surface area contributed by atoms with E-state index in [0.29, 0.717) is 17.7 Å². The first-order valence-corrected chi connectivity index (χ1v) is 7.11. The zero-order valence-corrected chi connectivity index (χ0v) is 11.7. The van der Waals surface area contributed by atoms with Crippen LogP contribution in [-0.4, -0.2) is 50.3 Å². The van der Waals surface area contributed by atoms with Gasteiger partial charge in [0.15, 0.2) is 0 Å². The first kappa shape index (κ1) is 13.3. The van der Waals surface area contributed by atoms with Gasteiger partial charge in [-0.2, -0.15) is 0 Å². The van der Waals surface area contributed by atoms with E-state index < -0.39 is 0 Å². The van der Waals surface area contributed by atoms with Crippen LogP contribution in [0.25, 0.3) is 0 Å². The van der Waals surface area contributed by atoms with Gasteiger partial charge in [-0.3, -0.25) is 0 Å². The maximum Gasteiger partial charge on any atom is 0.0724 e. The summed E-state index contributed by atoms with van der Waals surface area (Å²) in [7, 11) is 6.29. The summed E-state index contributed by atoms with van der Waals surface area (Å²) >= 11 is 0. The number of hydrogen-bond acceptors (Lipinski definition) is 3. The van der Waals surface area contributed by atoms with Crippen LogP contribution in [0.3, 0.4) is 0 Å². The van der Waals surface area contributed by atoms with E-state index in [0.717, 1.165) is 6.54 Å². The molecule has 0 saturated heterocycles. The van der Waals surface area contributed by atoms with Crippen LogP contribution < -0.4 is 5.32 Å². The maximum absolute atomic E-state index is 5.60. The second-order valence-corrected chi connectivity index (χ2v) is 6.02. The monoisotopic (exact) mass is 240 g/mol. The Morgan fingerprint density at radius 2 is 1.88 bits per heavy atom. The highest BCUT2D eigenvalue weighted by Gasteiger charge is 2.39. The summed E-state index contributed by atoms with van der Waals surface area (Å²) in [5, 5.41) is 3.78. The second-order valence-electron chi connectivity index (χ2n) is 6.02. The van der Waals surface area contributed by atoms with Crippen LogP contribution in [0.5, 0.6) is 0 Å². The van der Waals surface area contributed by atoms with Gasteiger partial charge in [-0.15, -0.1) is 0 Å². The Bertz CT molecular complexity index is 238. The SMILES string of the molecule is COC1CCCCC1NCC1(N(C)C)CCC1. The molecule has 2 saturated carbocycles. The fraction of sp³-hybridized carbons (Fsp3) is 1.00. The molecule has 17 heavy (non-hydrogen) atoms. The van der Waals surface area contributed by atoms with Crippen LogP contribution in [0.1, 0.15) is 44.9 Å². The van der Waals surface area contributed by atoms with Crippen molar-refractivity contribution in [1.29, 1.82) is 0 Å². The molecule has 2 atom stereocenters. The Labute approximate surface area is 106 Å². The number of methoxy groups -OCH3 is 1. The topological polar surface area (TPSA) is 24.5 Å². The largest absolute Gasteiger partial charge is 0.380 e. The Morgan fingerprint density at radius 3 is 2.41 bits per heavy atom. The molecule has 0 aromatic rings. The van der Waals surface area contributed by atoms with Crippen LogP contribution in [0.2, 0.25) is 0 Å². The molecule has 0 aromatic heterocycles. The van der Waals surface area contributed by atoms with Crippen molar-refractivity contribution in [3.8, 4) is 0 Å². The van der Waals surface area contributed by atoms with Gasteiger partial charge in [0.1, 0.15) is 0 Å². The molecular weight excluding hydrogens is 212 g/mol. The molecule has 2 unspecified atom stereocenters. The third-order valence-corrected chi connectivity index (χ3v) is 4.93. The molecule has 1 N–H and O–H groups in total. The van der Waals surface area contributed by atoms with Crippen LogP contribution >= 0.6 is 0 Å². The number of nitrogens with zero attached hydrogens (tertiary/aromatic N) is 1. The van der Waals surface area contributed by atoms with Gasteiger partial charge in [0.05, 0.1) is 6.10 Å². The van der Waals surface area contributed by atoms with Gasteiger partial charge in [0.2, 0.25) is 0 Å². The lowest BCUT2D eigenvalue weighted by molar-refractivity contribution is 0.0188. The summed E-state index contributed by atoms with van der Waals surface area (Å²) in [6.07, 6.45) is 9.70. The third-order valence-electron chi connectivity index (χ3n) is 4.93. The number of nitrogens with one attached hydrogen (secondary N) is 1. The summed E-state index contributed by atoms with van der Waals surface area (Å²) in [5.41, 5.74) is 0.426. The summed E-state index contributed by atoms with van der Waals surface area (Å²) in [4.78, 5) is 2.41. The van der Waals surface area contributed by atoms with Crippen LogP contribution in [0, 0.1) is 0 Å². The van der Waals surface area contributed by atoms with Crippen molar-refractivity contribution in [3.63, 3.8) is 0 Å². The molecule has 0 aliphatic heterocycles. The average Bonchev–Trinajstić information content (AvgIpc) is 2.27. The van der Waals surface area contributed by atoms with Crippen LogP contribution in [0.4, 0.5) is 0 Å². The molecule has 2 rings (SSSR count). The van der Waals surface area contributed by atoms with Gasteiger partial charge in [-0.1, -0.05) is 12.8 Å². The fourth-order valence-corrected chi connectivity index (χ4v) is 3.30. The summed E-state index contributed by atoms with van der Waals surface area (Å²) < 4.78 is 5.60. The molecule has 3 heteroatoms. The zero-order valence-electron chi connectivity index (χ0n) is 11.7. The first-order valence-electron chi connectivity index (χ1n) is 7.11. The minimum absolute atomic E-state index is 0.426. The molecular formula is C14H28N2O. The van der Waals surface area contributed by atoms with Crippen molar-refractivity contribution in [2.75, 3.05) is 27.7 Å². The van der Waals surface area contributed by atoms with Crippen LogP contribution in [0.15, 0.2) is 0 Å². The van der Waals surface area contributed by atoms with Gasteiger partial charge in [-0.25, -0.2) is 0 Å². The quantitative estimate of drug-likeness (QED) is 0.795. The summed E-state index contributed by atoms with van der Waals surface area (Å²) in [6, 6.07) is 0.575. The highest BCUT2D eigenvalue weighted by molar-refractivity contribution is 4.99. The lowest BCUT2D eigenvalue weighted by Gasteiger charge is -2.48. The molecule has 3 nitrogen and oxygen atoms in total. The Hall–Kier alpha value is -0.120. The van der Waals surface area contributed by atoms with Crippen molar-refractivity contribution in [3.05, 3.63) is 0 Å². The smallest absolute Gasteiger partial charge is 0.0724 e. The van der Waals surface area contributed by atoms with Gasteiger partial charge < -0.3 is 15.0 Å². The first-order chi connectivity index (χ1) is 8.18. The van der Waals surface area contributed by atoms with E-state index in [2.05, 4.69) is 24.3 Å². The minimum atomic E-state index is 0.426. The number of hydrogen-bond donors (Lipinski definition) is 1. The molecule has 2 aliphatic carbocycles. The van der Waals surface area contributed by atoms with E-state index in [1.54, 1.807) is 0 Å². The zero-order chi connectivity index (χ0) is 12.3. The van der Waals surface area contributed by atoms with Gasteiger partial charge in [0, 0.05) is 25.2 Å². The molecule has 0 heterocycles. The molecule has 2 fully saturated rings. The predicted octanol–water partition coefficient (Wildman–Crippen LogP) is 2.02. The van der Waals surface area contributed by atoms with E-state index >= 15 is 0 Å². The van der Waals surface area contributed by atoms with E-state index in [1.165, 1.54) is 44.9 Å². The molecule has 0 radical (unpaired) electrons. The summed E-state index contributed by atoms with van der Waals surface area (Å²) in [6.45, 7) is 1.13. The molecule has 0 spiro atoms. The van der Waals surface area contributed by atoms with Crippen molar-refractivity contribution >= 4 is 0 Å². The fourth-order valence-electron chi connectivity index (χ4n) is 3.30. The van der Waals surface area contributed by atoms with Gasteiger partial charge in [-0.05, 0) is 46.2 Å². The molecule has 2 aliphatic rings. The number of rotatable bonds is 5. The van der Waals surface area contributed by atoms with E-state index in [1.807, 2.05) is 7.11 Å². The Morgan fingerprint density at radius 1 is 1.18 bits per heavy atom. The lowest BCUT2D eigenvalue weighted by Crippen LogP contribution is -2.59. The van der Waals surface area contributed by atoms with E-state index in [4.69, 9.17) is 4.74 Å². The standard InChI is InChI=1S/C14H28N2O/c1-16(2)14(9-6-10-14)11-15-12-7-4-5-8-13(12)17-3/h12-13,15H,4-11H2,1-3H3. The summed E-state index contributed by atoms with van der Waals surface area (Å²) in [5.74, 6) is 0. The second kappa shape index (κ2) is 5.68. The normalized spacial score (nSPS) is 32.5. The van der Waals surface area contributed by atoms with E-state index in [-0.39, 0.29) is 0 Å². The van der Waals surface area contributed by atoms with E-state index in [9.17, 15) is 0 Å². The Balaban J connectivity index is 1.83. The maximum atomic E-state index is 5.60. The van der Waals surface area contributed by atoms with Crippen LogP contribution in [-0.2, 0) is 4.74 Å². The van der Waals surface area contributed by atoms with Crippen molar-refractivity contribution in [2.45, 2.75) is 62.6 Å². The van der Waals surface area contributed by atoms with Gasteiger partial charge >= 0.3 is 0 Å². The number of likely N-dealkylation sites (N-methyl/N-ethyl adjacent to an activating group) is 1. The highest BCUT2D eigenvalue weighted by atomic mass is 16.5. The molecule has 0 amide bonds. The van der Waals surface area contributed by atoms with Crippen molar-refractivity contribution in [1.82, 2.24) is 10.2 Å².